The first kappa shape index (κ1) is 22.6. The molecule has 0 aliphatic heterocycles. The minimum Gasteiger partial charge on any atom is -0.492 e. The summed E-state index contributed by atoms with van der Waals surface area (Å²) in [5, 5.41) is 7.37. The molecule has 3 N–H and O–H groups in total. The van der Waals surface area contributed by atoms with Gasteiger partial charge in [0.05, 0.1) is 35.1 Å². The van der Waals surface area contributed by atoms with E-state index in [1.165, 1.54) is 10.7 Å². The van der Waals surface area contributed by atoms with Crippen molar-refractivity contribution in [1.82, 2.24) is 9.78 Å². The molecular weight excluding hydrogens is 448 g/mol. The summed E-state index contributed by atoms with van der Waals surface area (Å²) in [6, 6.07) is 9.68. The number of halogens is 1. The molecule has 0 bridgehead atoms. The number of nitrogens with two attached hydrogens (primary N) is 1. The van der Waals surface area contributed by atoms with E-state index in [0.717, 1.165) is 12.8 Å². The molecule has 0 saturated heterocycles. The van der Waals surface area contributed by atoms with Crippen LogP contribution in [0.3, 0.4) is 0 Å². The Morgan fingerprint density at radius 3 is 2.76 bits per heavy atom. The Morgan fingerprint density at radius 2 is 2.03 bits per heavy atom. The first-order chi connectivity index (χ1) is 15.9. The highest BCUT2D eigenvalue weighted by Gasteiger charge is 2.23. The first-order valence-electron chi connectivity index (χ1n) is 10.6. The molecule has 1 fully saturated rings. The van der Waals surface area contributed by atoms with Crippen LogP contribution in [0.5, 0.6) is 5.75 Å². The third kappa shape index (κ3) is 5.09. The molecule has 0 radical (unpaired) electrons. The predicted molar refractivity (Wildman–Crippen MR) is 125 cm³/mol. The number of amides is 1. The van der Waals surface area contributed by atoms with Gasteiger partial charge in [0.15, 0.2) is 0 Å². The summed E-state index contributed by atoms with van der Waals surface area (Å²) in [5.41, 5.74) is 6.16. The summed E-state index contributed by atoms with van der Waals surface area (Å²) in [6.45, 7) is 2.03. The Labute approximate surface area is 194 Å². The average Bonchev–Trinajstić information content (AvgIpc) is 3.62. The van der Waals surface area contributed by atoms with Crippen molar-refractivity contribution >= 4 is 45.8 Å². The van der Waals surface area contributed by atoms with Crippen LogP contribution in [-0.2, 0) is 16.1 Å². The molecule has 10 heteroatoms. The number of benzene rings is 2. The van der Waals surface area contributed by atoms with E-state index in [9.17, 15) is 14.4 Å². The van der Waals surface area contributed by atoms with Gasteiger partial charge in [-0.05, 0) is 43.9 Å². The zero-order valence-corrected chi connectivity index (χ0v) is 18.7. The maximum Gasteiger partial charge on any atom is 0.362 e. The van der Waals surface area contributed by atoms with Gasteiger partial charge in [-0.2, -0.15) is 5.10 Å². The number of hydrogen-bond acceptors (Lipinski definition) is 7. The molecule has 3 aromatic rings. The molecule has 1 heterocycles. The second kappa shape index (κ2) is 9.50. The van der Waals surface area contributed by atoms with E-state index in [-0.39, 0.29) is 24.2 Å². The molecule has 4 rings (SSSR count). The highest BCUT2D eigenvalue weighted by atomic mass is 35.5. The molecule has 1 aromatic heterocycles. The number of para-hydroxylation sites is 1. The summed E-state index contributed by atoms with van der Waals surface area (Å²) in [4.78, 5) is 37.7. The Bertz CT molecular complexity index is 1290. The largest absolute Gasteiger partial charge is 0.492 e. The van der Waals surface area contributed by atoms with Gasteiger partial charge in [0.2, 0.25) is 17.0 Å². The summed E-state index contributed by atoms with van der Waals surface area (Å²) < 4.78 is 11.9. The van der Waals surface area contributed by atoms with E-state index in [1.807, 2.05) is 0 Å². The minimum atomic E-state index is -0.847. The summed E-state index contributed by atoms with van der Waals surface area (Å²) in [7, 11) is 0. The zero-order valence-electron chi connectivity index (χ0n) is 18.0. The quantitative estimate of drug-likeness (QED) is 0.382. The van der Waals surface area contributed by atoms with E-state index in [2.05, 4.69) is 10.4 Å². The maximum atomic E-state index is 12.8. The van der Waals surface area contributed by atoms with E-state index < -0.39 is 17.3 Å². The molecule has 0 unspecified atom stereocenters. The number of carbonyl (C=O) groups is 2. The van der Waals surface area contributed by atoms with Crippen LogP contribution in [0.4, 0.5) is 11.4 Å². The molecule has 1 aliphatic carbocycles. The molecule has 33 heavy (non-hydrogen) atoms. The van der Waals surface area contributed by atoms with Crippen molar-refractivity contribution in [2.75, 3.05) is 24.3 Å². The lowest BCUT2D eigenvalue weighted by atomic mass is 10.2. The van der Waals surface area contributed by atoms with Crippen molar-refractivity contribution in [2.24, 2.45) is 5.92 Å². The fourth-order valence-corrected chi connectivity index (χ4v) is 3.52. The maximum absolute atomic E-state index is 12.8. The number of nitrogens with one attached hydrogen (secondary N) is 1. The topological polar surface area (TPSA) is 126 Å². The van der Waals surface area contributed by atoms with Gasteiger partial charge in [0, 0.05) is 11.5 Å². The number of hydrogen-bond donors (Lipinski definition) is 2. The van der Waals surface area contributed by atoms with Gasteiger partial charge in [-0.1, -0.05) is 23.7 Å². The van der Waals surface area contributed by atoms with Crippen LogP contribution in [0.2, 0.25) is 5.02 Å². The predicted octanol–water partition coefficient (Wildman–Crippen LogP) is 3.24. The lowest BCUT2D eigenvalue weighted by Gasteiger charge is -2.14. The number of ether oxygens (including phenoxy) is 2. The third-order valence-electron chi connectivity index (χ3n) is 5.17. The Kier molecular flexibility index (Phi) is 6.50. The molecule has 2 aromatic carbocycles. The fraction of sp³-hybridized carbons (Fsp3) is 0.304. The molecule has 0 spiro atoms. The van der Waals surface area contributed by atoms with E-state index in [4.69, 9.17) is 26.8 Å². The molecule has 1 aliphatic rings. The lowest BCUT2D eigenvalue weighted by molar-refractivity contribution is -0.116. The van der Waals surface area contributed by atoms with Crippen molar-refractivity contribution in [1.29, 1.82) is 0 Å². The molecule has 172 valence electrons. The molecule has 1 amide bonds. The van der Waals surface area contributed by atoms with Crippen molar-refractivity contribution in [3.05, 3.63) is 57.3 Å². The normalized spacial score (nSPS) is 13.0. The van der Waals surface area contributed by atoms with Crippen LogP contribution in [0.15, 0.2) is 41.2 Å². The highest BCUT2D eigenvalue weighted by molar-refractivity contribution is 6.32. The molecule has 0 atom stereocenters. The summed E-state index contributed by atoms with van der Waals surface area (Å²) >= 11 is 6.29. The van der Waals surface area contributed by atoms with Crippen LogP contribution >= 0.6 is 11.6 Å². The van der Waals surface area contributed by atoms with Gasteiger partial charge < -0.3 is 20.5 Å². The van der Waals surface area contributed by atoms with E-state index >= 15 is 0 Å². The Morgan fingerprint density at radius 1 is 1.27 bits per heavy atom. The van der Waals surface area contributed by atoms with Crippen molar-refractivity contribution < 1.29 is 19.1 Å². The number of anilines is 2. The summed E-state index contributed by atoms with van der Waals surface area (Å²) in [6.07, 6.45) is 2.29. The third-order valence-corrected chi connectivity index (χ3v) is 5.47. The first-order valence-corrected chi connectivity index (χ1v) is 10.9. The van der Waals surface area contributed by atoms with Gasteiger partial charge in [0.1, 0.15) is 12.3 Å². The lowest BCUT2D eigenvalue weighted by Crippen LogP contribution is -2.28. The van der Waals surface area contributed by atoms with Crippen LogP contribution in [0, 0.1) is 5.92 Å². The SMILES string of the molecule is CCOC(=O)c1nn(CC(=O)Nc2cc(Cl)c(OCC3CC3)cc2N)c2ccccc2c1=O. The molecular formula is C23H23ClN4O5. The van der Waals surface area contributed by atoms with Crippen LogP contribution < -0.4 is 21.2 Å². The summed E-state index contributed by atoms with van der Waals surface area (Å²) in [5.74, 6) is -0.298. The Balaban J connectivity index is 1.57. The number of nitrogens with zero attached hydrogens (tertiary/aromatic N) is 2. The van der Waals surface area contributed by atoms with Gasteiger partial charge in [-0.25, -0.2) is 4.79 Å². The van der Waals surface area contributed by atoms with E-state index in [0.29, 0.717) is 40.2 Å². The van der Waals surface area contributed by atoms with Gasteiger partial charge in [0.25, 0.3) is 0 Å². The number of aromatic nitrogens is 2. The second-order valence-corrected chi connectivity index (χ2v) is 8.15. The fourth-order valence-electron chi connectivity index (χ4n) is 3.30. The van der Waals surface area contributed by atoms with Crippen molar-refractivity contribution in [2.45, 2.75) is 26.3 Å². The Hall–Kier alpha value is -3.59. The molecule has 9 nitrogen and oxygen atoms in total. The van der Waals surface area contributed by atoms with Crippen LogP contribution in [-0.4, -0.2) is 34.9 Å². The monoisotopic (exact) mass is 470 g/mol. The minimum absolute atomic E-state index is 0.0909. The van der Waals surface area contributed by atoms with Crippen molar-refractivity contribution in [3.8, 4) is 5.75 Å². The number of fused-ring (bicyclic) bond motifs is 1. The van der Waals surface area contributed by atoms with Gasteiger partial charge in [-0.3, -0.25) is 14.3 Å². The number of esters is 1. The smallest absolute Gasteiger partial charge is 0.362 e. The van der Waals surface area contributed by atoms with Gasteiger partial charge >= 0.3 is 5.97 Å². The van der Waals surface area contributed by atoms with Gasteiger partial charge in [-0.15, -0.1) is 0 Å². The van der Waals surface area contributed by atoms with Crippen LogP contribution in [0.1, 0.15) is 30.3 Å². The average molecular weight is 471 g/mol. The molecule has 1 saturated carbocycles. The zero-order chi connectivity index (χ0) is 23.5. The number of rotatable bonds is 8. The highest BCUT2D eigenvalue weighted by Crippen LogP contribution is 2.35. The van der Waals surface area contributed by atoms with Crippen LogP contribution in [0.25, 0.3) is 10.9 Å². The van der Waals surface area contributed by atoms with E-state index in [1.54, 1.807) is 37.3 Å². The standard InChI is InChI=1S/C23H23ClN4O5/c1-2-32-23(31)21-22(30)14-5-3-4-6-18(14)28(27-21)11-20(29)26-17-9-15(24)19(10-16(17)25)33-12-13-7-8-13/h3-6,9-10,13H,2,7-8,11-12,25H2,1H3,(H,26,29). The number of carbonyl (C=O) groups excluding carboxylic acids is 2. The second-order valence-electron chi connectivity index (χ2n) is 7.75. The van der Waals surface area contributed by atoms with Crippen molar-refractivity contribution in [3.63, 3.8) is 0 Å². The number of nitrogen functional groups attached to an aromatic ring is 1.